The topological polar surface area (TPSA) is 26.5 Å². The van der Waals surface area contributed by atoms with Gasteiger partial charge in [0.05, 0.1) is 22.8 Å². The van der Waals surface area contributed by atoms with E-state index >= 15 is 0 Å². The van der Waals surface area contributed by atoms with E-state index in [1.54, 1.807) is 0 Å². The summed E-state index contributed by atoms with van der Waals surface area (Å²) in [5.41, 5.74) is 0.970. The first-order chi connectivity index (χ1) is 7.84. The van der Waals surface area contributed by atoms with Gasteiger partial charge in [0, 0.05) is 19.2 Å². The SMILES string of the molecule is Clc1cccn2c(CC3CCCO3)ncc12. The first-order valence-electron chi connectivity index (χ1n) is 5.56. The number of ether oxygens (including phenoxy) is 1. The molecule has 1 aliphatic rings. The van der Waals surface area contributed by atoms with Crippen LogP contribution in [0.25, 0.3) is 5.52 Å². The molecule has 3 rings (SSSR count). The molecule has 0 spiro atoms. The van der Waals surface area contributed by atoms with Crippen molar-refractivity contribution in [1.82, 2.24) is 9.38 Å². The minimum absolute atomic E-state index is 0.324. The zero-order valence-electron chi connectivity index (χ0n) is 8.90. The molecule has 1 unspecified atom stereocenters. The van der Waals surface area contributed by atoms with Gasteiger partial charge in [-0.15, -0.1) is 0 Å². The predicted octanol–water partition coefficient (Wildman–Crippen LogP) is 2.71. The number of pyridine rings is 1. The molecule has 0 saturated carbocycles. The van der Waals surface area contributed by atoms with Crippen molar-refractivity contribution in [2.45, 2.75) is 25.4 Å². The van der Waals surface area contributed by atoms with Gasteiger partial charge in [0.15, 0.2) is 0 Å². The van der Waals surface area contributed by atoms with Crippen LogP contribution in [-0.4, -0.2) is 22.1 Å². The van der Waals surface area contributed by atoms with Crippen molar-refractivity contribution in [3.05, 3.63) is 35.4 Å². The first-order valence-corrected chi connectivity index (χ1v) is 5.94. The molecule has 2 aromatic heterocycles. The average Bonchev–Trinajstić information content (AvgIpc) is 2.90. The molecule has 1 fully saturated rings. The lowest BCUT2D eigenvalue weighted by molar-refractivity contribution is 0.110. The van der Waals surface area contributed by atoms with Crippen molar-refractivity contribution >= 4 is 17.1 Å². The lowest BCUT2D eigenvalue weighted by atomic mass is 10.2. The Morgan fingerprint density at radius 2 is 2.50 bits per heavy atom. The molecule has 3 heterocycles. The first kappa shape index (κ1) is 10.1. The van der Waals surface area contributed by atoms with E-state index in [2.05, 4.69) is 4.98 Å². The zero-order valence-corrected chi connectivity index (χ0v) is 9.65. The molecular formula is C12H13ClN2O. The summed E-state index contributed by atoms with van der Waals surface area (Å²) in [6.07, 6.45) is 7.31. The Bertz CT molecular complexity index is 503. The van der Waals surface area contributed by atoms with Crippen LogP contribution in [-0.2, 0) is 11.2 Å². The van der Waals surface area contributed by atoms with E-state index in [0.717, 1.165) is 42.2 Å². The number of halogens is 1. The maximum Gasteiger partial charge on any atom is 0.115 e. The summed E-state index contributed by atoms with van der Waals surface area (Å²) in [5, 5.41) is 0.744. The summed E-state index contributed by atoms with van der Waals surface area (Å²) in [6, 6.07) is 3.82. The molecule has 1 atom stereocenters. The second-order valence-electron chi connectivity index (χ2n) is 4.12. The van der Waals surface area contributed by atoms with E-state index in [0.29, 0.717) is 6.10 Å². The molecule has 0 radical (unpaired) electrons. The van der Waals surface area contributed by atoms with Crippen LogP contribution in [0.2, 0.25) is 5.02 Å². The maximum absolute atomic E-state index is 6.09. The summed E-state index contributed by atoms with van der Waals surface area (Å²) >= 11 is 6.09. The summed E-state index contributed by atoms with van der Waals surface area (Å²) in [5.74, 6) is 1.03. The number of fused-ring (bicyclic) bond motifs is 1. The van der Waals surface area contributed by atoms with Crippen molar-refractivity contribution < 1.29 is 4.74 Å². The molecule has 0 bridgehead atoms. The van der Waals surface area contributed by atoms with Crippen LogP contribution in [0.15, 0.2) is 24.5 Å². The second kappa shape index (κ2) is 4.07. The molecule has 2 aromatic rings. The number of nitrogens with zero attached hydrogens (tertiary/aromatic N) is 2. The Morgan fingerprint density at radius 1 is 1.56 bits per heavy atom. The summed E-state index contributed by atoms with van der Waals surface area (Å²) in [4.78, 5) is 4.42. The van der Waals surface area contributed by atoms with E-state index in [4.69, 9.17) is 16.3 Å². The third-order valence-electron chi connectivity index (χ3n) is 3.03. The number of aromatic nitrogens is 2. The Hall–Kier alpha value is -1.06. The van der Waals surface area contributed by atoms with Crippen LogP contribution in [0.3, 0.4) is 0 Å². The smallest absolute Gasteiger partial charge is 0.115 e. The molecule has 0 aromatic carbocycles. The standard InChI is InChI=1S/C12H13ClN2O/c13-10-4-1-5-15-11(10)8-14-12(15)7-9-3-2-6-16-9/h1,4-5,8-9H,2-3,6-7H2. The van der Waals surface area contributed by atoms with Crippen molar-refractivity contribution in [3.8, 4) is 0 Å². The lowest BCUT2D eigenvalue weighted by Gasteiger charge is -2.08. The van der Waals surface area contributed by atoms with Crippen molar-refractivity contribution in [1.29, 1.82) is 0 Å². The molecule has 0 N–H and O–H groups in total. The molecule has 1 saturated heterocycles. The molecule has 0 amide bonds. The second-order valence-corrected chi connectivity index (χ2v) is 4.53. The van der Waals surface area contributed by atoms with Crippen molar-refractivity contribution in [2.75, 3.05) is 6.61 Å². The predicted molar refractivity (Wildman–Crippen MR) is 62.9 cm³/mol. The van der Waals surface area contributed by atoms with Crippen LogP contribution in [0.4, 0.5) is 0 Å². The van der Waals surface area contributed by atoms with Gasteiger partial charge in [-0.25, -0.2) is 4.98 Å². The summed E-state index contributed by atoms with van der Waals surface area (Å²) in [6.45, 7) is 0.884. The fourth-order valence-electron chi connectivity index (χ4n) is 2.20. The van der Waals surface area contributed by atoms with E-state index < -0.39 is 0 Å². The highest BCUT2D eigenvalue weighted by Crippen LogP contribution is 2.21. The van der Waals surface area contributed by atoms with E-state index in [1.807, 2.05) is 28.9 Å². The van der Waals surface area contributed by atoms with Crippen LogP contribution < -0.4 is 0 Å². The van der Waals surface area contributed by atoms with Crippen LogP contribution in [0, 0.1) is 0 Å². The largest absolute Gasteiger partial charge is 0.378 e. The normalized spacial score (nSPS) is 20.7. The molecule has 1 aliphatic heterocycles. The van der Waals surface area contributed by atoms with Crippen LogP contribution in [0.5, 0.6) is 0 Å². The number of imidazole rings is 1. The summed E-state index contributed by atoms with van der Waals surface area (Å²) in [7, 11) is 0. The zero-order chi connectivity index (χ0) is 11.0. The molecule has 0 aliphatic carbocycles. The van der Waals surface area contributed by atoms with Crippen LogP contribution in [0.1, 0.15) is 18.7 Å². The molecule has 4 heteroatoms. The van der Waals surface area contributed by atoms with Gasteiger partial charge in [-0.2, -0.15) is 0 Å². The number of hydrogen-bond donors (Lipinski definition) is 0. The molecular weight excluding hydrogens is 224 g/mol. The summed E-state index contributed by atoms with van der Waals surface area (Å²) < 4.78 is 7.66. The highest BCUT2D eigenvalue weighted by molar-refractivity contribution is 6.33. The fraction of sp³-hybridized carbons (Fsp3) is 0.417. The van der Waals surface area contributed by atoms with Crippen molar-refractivity contribution in [3.63, 3.8) is 0 Å². The Balaban J connectivity index is 1.94. The Kier molecular flexibility index (Phi) is 2.58. The number of rotatable bonds is 2. The van der Waals surface area contributed by atoms with Gasteiger partial charge < -0.3 is 9.14 Å². The van der Waals surface area contributed by atoms with Crippen molar-refractivity contribution in [2.24, 2.45) is 0 Å². The fourth-order valence-corrected chi connectivity index (χ4v) is 2.41. The van der Waals surface area contributed by atoms with Gasteiger partial charge in [0.25, 0.3) is 0 Å². The minimum atomic E-state index is 0.324. The van der Waals surface area contributed by atoms with Gasteiger partial charge in [-0.1, -0.05) is 11.6 Å². The van der Waals surface area contributed by atoms with Gasteiger partial charge >= 0.3 is 0 Å². The third-order valence-corrected chi connectivity index (χ3v) is 3.35. The van der Waals surface area contributed by atoms with Gasteiger partial charge in [0.1, 0.15) is 5.82 Å². The van der Waals surface area contributed by atoms with Gasteiger partial charge in [0.2, 0.25) is 0 Å². The van der Waals surface area contributed by atoms with E-state index in [-0.39, 0.29) is 0 Å². The number of hydrogen-bond acceptors (Lipinski definition) is 2. The monoisotopic (exact) mass is 236 g/mol. The molecule has 84 valence electrons. The van der Waals surface area contributed by atoms with E-state index in [9.17, 15) is 0 Å². The third kappa shape index (κ3) is 1.70. The Morgan fingerprint density at radius 3 is 3.31 bits per heavy atom. The minimum Gasteiger partial charge on any atom is -0.378 e. The van der Waals surface area contributed by atoms with Gasteiger partial charge in [-0.3, -0.25) is 0 Å². The highest BCUT2D eigenvalue weighted by Gasteiger charge is 2.18. The average molecular weight is 237 g/mol. The quantitative estimate of drug-likeness (QED) is 0.802. The molecule has 16 heavy (non-hydrogen) atoms. The maximum atomic E-state index is 6.09. The lowest BCUT2D eigenvalue weighted by Crippen LogP contribution is -2.11. The molecule has 3 nitrogen and oxygen atoms in total. The van der Waals surface area contributed by atoms with E-state index in [1.165, 1.54) is 0 Å². The van der Waals surface area contributed by atoms with Crippen LogP contribution >= 0.6 is 11.6 Å². The Labute approximate surface area is 99.0 Å². The highest BCUT2D eigenvalue weighted by atomic mass is 35.5. The van der Waals surface area contributed by atoms with Gasteiger partial charge in [-0.05, 0) is 25.0 Å².